The van der Waals surface area contributed by atoms with Crippen molar-refractivity contribution in [2.45, 2.75) is 32.8 Å². The van der Waals surface area contributed by atoms with Gasteiger partial charge in [-0.15, -0.1) is 0 Å². The fraction of sp³-hybridized carbons (Fsp3) is 0.304. The number of nitrogens with zero attached hydrogens (tertiary/aromatic N) is 2. The van der Waals surface area contributed by atoms with E-state index < -0.39 is 6.10 Å². The van der Waals surface area contributed by atoms with Crippen molar-refractivity contribution in [1.29, 1.82) is 0 Å². The van der Waals surface area contributed by atoms with Gasteiger partial charge in [-0.05, 0) is 25.0 Å². The van der Waals surface area contributed by atoms with Crippen molar-refractivity contribution >= 4 is 23.0 Å². The van der Waals surface area contributed by atoms with Gasteiger partial charge >= 0.3 is 0 Å². The van der Waals surface area contributed by atoms with Gasteiger partial charge in [-0.1, -0.05) is 60.7 Å². The van der Waals surface area contributed by atoms with E-state index in [1.54, 1.807) is 0 Å². The first kappa shape index (κ1) is 21.4. The number of Topliss-reactive ketones (excluding diaryl/α,β-unsaturated/α-hetero) is 2. The fourth-order valence-electron chi connectivity index (χ4n) is 2.72. The molecule has 0 saturated carbocycles. The Hall–Kier alpha value is -2.92. The molecule has 0 atom stereocenters. The van der Waals surface area contributed by atoms with E-state index in [0.717, 1.165) is 11.1 Å². The number of ketones is 2. The Morgan fingerprint density at radius 3 is 1.43 bits per heavy atom. The summed E-state index contributed by atoms with van der Waals surface area (Å²) in [6.45, 7) is 3.33. The summed E-state index contributed by atoms with van der Waals surface area (Å²) in [5, 5.41) is 10.3. The molecular formula is C23H26N2O3. The Morgan fingerprint density at radius 1 is 0.750 bits per heavy atom. The summed E-state index contributed by atoms with van der Waals surface area (Å²) in [5.74, 6) is 0.0332. The number of aliphatic imine (C=N–C) groups is 2. The SMILES string of the molecule is CC(=O)CC(=NCC(O)CN=C(CC(C)=O)c1ccccc1)c1ccccc1. The molecule has 5 heteroatoms. The Labute approximate surface area is 165 Å². The first-order valence-corrected chi connectivity index (χ1v) is 9.30. The van der Waals surface area contributed by atoms with E-state index >= 15 is 0 Å². The molecule has 146 valence electrons. The van der Waals surface area contributed by atoms with Crippen molar-refractivity contribution in [2.75, 3.05) is 13.1 Å². The monoisotopic (exact) mass is 378 g/mol. The van der Waals surface area contributed by atoms with Gasteiger partial charge in [0.2, 0.25) is 0 Å². The van der Waals surface area contributed by atoms with Crippen LogP contribution in [0.3, 0.4) is 0 Å². The molecule has 0 unspecified atom stereocenters. The Morgan fingerprint density at radius 2 is 1.11 bits per heavy atom. The number of hydrogen-bond acceptors (Lipinski definition) is 5. The number of aliphatic hydroxyl groups excluding tert-OH is 1. The molecule has 0 radical (unpaired) electrons. The lowest BCUT2D eigenvalue weighted by Gasteiger charge is -2.10. The van der Waals surface area contributed by atoms with E-state index in [9.17, 15) is 14.7 Å². The average molecular weight is 378 g/mol. The highest BCUT2D eigenvalue weighted by atomic mass is 16.3. The van der Waals surface area contributed by atoms with E-state index in [2.05, 4.69) is 9.98 Å². The van der Waals surface area contributed by atoms with Crippen molar-refractivity contribution in [3.63, 3.8) is 0 Å². The van der Waals surface area contributed by atoms with Gasteiger partial charge in [-0.3, -0.25) is 19.6 Å². The van der Waals surface area contributed by atoms with E-state index in [1.165, 1.54) is 13.8 Å². The predicted octanol–water partition coefficient (Wildman–Crippen LogP) is 3.28. The number of hydrogen-bond donors (Lipinski definition) is 1. The van der Waals surface area contributed by atoms with E-state index in [1.807, 2.05) is 60.7 Å². The third-order valence-electron chi connectivity index (χ3n) is 4.03. The van der Waals surface area contributed by atoms with Gasteiger partial charge in [-0.25, -0.2) is 0 Å². The molecule has 0 aliphatic carbocycles. The Kier molecular flexibility index (Phi) is 8.43. The first-order chi connectivity index (χ1) is 13.5. The average Bonchev–Trinajstić information content (AvgIpc) is 2.69. The summed E-state index contributed by atoms with van der Waals surface area (Å²) >= 11 is 0. The molecule has 0 fully saturated rings. The smallest absolute Gasteiger partial charge is 0.135 e. The molecule has 2 rings (SSSR count). The van der Waals surface area contributed by atoms with Gasteiger partial charge in [0.15, 0.2) is 0 Å². The van der Waals surface area contributed by atoms with Gasteiger partial charge in [-0.2, -0.15) is 0 Å². The van der Waals surface area contributed by atoms with E-state index in [-0.39, 0.29) is 37.5 Å². The van der Waals surface area contributed by atoms with Gasteiger partial charge in [0, 0.05) is 24.3 Å². The highest BCUT2D eigenvalue weighted by Crippen LogP contribution is 2.08. The van der Waals surface area contributed by atoms with Crippen molar-refractivity contribution in [1.82, 2.24) is 0 Å². The molecule has 28 heavy (non-hydrogen) atoms. The minimum atomic E-state index is -0.795. The second-order valence-corrected chi connectivity index (χ2v) is 6.72. The molecule has 0 spiro atoms. The van der Waals surface area contributed by atoms with Crippen LogP contribution in [0.2, 0.25) is 0 Å². The Balaban J connectivity index is 2.10. The molecule has 1 N–H and O–H groups in total. The number of aliphatic hydroxyl groups is 1. The molecule has 0 aliphatic rings. The molecule has 0 amide bonds. The van der Waals surface area contributed by atoms with Crippen LogP contribution >= 0.6 is 0 Å². The highest BCUT2D eigenvalue weighted by molar-refractivity contribution is 6.11. The summed E-state index contributed by atoms with van der Waals surface area (Å²) in [6, 6.07) is 18.9. The zero-order valence-corrected chi connectivity index (χ0v) is 16.3. The summed E-state index contributed by atoms with van der Waals surface area (Å²) in [7, 11) is 0. The lowest BCUT2D eigenvalue weighted by atomic mass is 10.1. The Bertz CT molecular complexity index is 771. The van der Waals surface area contributed by atoms with Crippen LogP contribution in [0.15, 0.2) is 70.6 Å². The number of rotatable bonds is 10. The zero-order valence-electron chi connectivity index (χ0n) is 16.3. The maximum absolute atomic E-state index is 11.5. The molecule has 0 bridgehead atoms. The predicted molar refractivity (Wildman–Crippen MR) is 112 cm³/mol. The molecular weight excluding hydrogens is 352 g/mol. The van der Waals surface area contributed by atoms with Crippen LogP contribution in [0.25, 0.3) is 0 Å². The topological polar surface area (TPSA) is 79.1 Å². The van der Waals surface area contributed by atoms with Gasteiger partial charge in [0.1, 0.15) is 11.6 Å². The second-order valence-electron chi connectivity index (χ2n) is 6.72. The van der Waals surface area contributed by atoms with Crippen LogP contribution in [-0.2, 0) is 9.59 Å². The molecule has 0 aliphatic heterocycles. The van der Waals surface area contributed by atoms with Crippen LogP contribution in [0.5, 0.6) is 0 Å². The minimum Gasteiger partial charge on any atom is -0.389 e. The molecule has 2 aromatic carbocycles. The van der Waals surface area contributed by atoms with Crippen LogP contribution in [0.4, 0.5) is 0 Å². The van der Waals surface area contributed by atoms with Crippen LogP contribution in [0.1, 0.15) is 37.8 Å². The largest absolute Gasteiger partial charge is 0.389 e. The third-order valence-corrected chi connectivity index (χ3v) is 4.03. The van der Waals surface area contributed by atoms with Crippen molar-refractivity contribution in [3.05, 3.63) is 71.8 Å². The maximum Gasteiger partial charge on any atom is 0.135 e. The number of carbonyl (C=O) groups excluding carboxylic acids is 2. The highest BCUT2D eigenvalue weighted by Gasteiger charge is 2.10. The number of carbonyl (C=O) groups is 2. The number of benzene rings is 2. The molecule has 2 aromatic rings. The maximum atomic E-state index is 11.5. The van der Waals surface area contributed by atoms with Crippen LogP contribution in [-0.4, -0.2) is 47.3 Å². The minimum absolute atomic E-state index is 0.0166. The summed E-state index contributed by atoms with van der Waals surface area (Å²) < 4.78 is 0. The standard InChI is InChI=1S/C23H26N2O3/c1-17(26)13-22(19-9-5-3-6-10-19)24-15-21(28)16-25-23(14-18(2)27)20-11-7-4-8-12-20/h3-12,21,28H,13-16H2,1-2H3. The van der Waals surface area contributed by atoms with Crippen molar-refractivity contribution in [2.24, 2.45) is 9.98 Å². The normalized spacial score (nSPS) is 13.2. The van der Waals surface area contributed by atoms with Crippen LogP contribution in [0, 0.1) is 0 Å². The molecule has 0 aromatic heterocycles. The molecule has 5 nitrogen and oxygen atoms in total. The first-order valence-electron chi connectivity index (χ1n) is 9.30. The van der Waals surface area contributed by atoms with Crippen molar-refractivity contribution in [3.8, 4) is 0 Å². The van der Waals surface area contributed by atoms with E-state index in [0.29, 0.717) is 11.4 Å². The zero-order chi connectivity index (χ0) is 20.4. The van der Waals surface area contributed by atoms with Crippen LogP contribution < -0.4 is 0 Å². The quantitative estimate of drug-likeness (QED) is 0.644. The summed E-state index contributed by atoms with van der Waals surface area (Å²) in [6.07, 6.45) is -0.351. The van der Waals surface area contributed by atoms with Gasteiger partial charge in [0.25, 0.3) is 0 Å². The lowest BCUT2D eigenvalue weighted by molar-refractivity contribution is -0.116. The van der Waals surface area contributed by atoms with Gasteiger partial charge in [0.05, 0.1) is 19.2 Å². The van der Waals surface area contributed by atoms with Gasteiger partial charge < -0.3 is 5.11 Å². The van der Waals surface area contributed by atoms with Crippen molar-refractivity contribution < 1.29 is 14.7 Å². The summed E-state index contributed by atoms with van der Waals surface area (Å²) in [4.78, 5) is 32.0. The van der Waals surface area contributed by atoms with E-state index in [4.69, 9.17) is 0 Å². The lowest BCUT2D eigenvalue weighted by Crippen LogP contribution is -2.19. The summed E-state index contributed by atoms with van der Waals surface area (Å²) in [5.41, 5.74) is 3.05. The molecule has 0 heterocycles. The third kappa shape index (κ3) is 7.37. The molecule has 0 saturated heterocycles. The fourth-order valence-corrected chi connectivity index (χ4v) is 2.72. The second kappa shape index (κ2) is 11.0.